The smallest absolute Gasteiger partial charge is 0.316 e. The molecule has 0 rings (SSSR count). The van der Waals surface area contributed by atoms with Crippen LogP contribution in [0.2, 0.25) is 0 Å². The van der Waals surface area contributed by atoms with Gasteiger partial charge in [-0.25, -0.2) is 4.79 Å². The van der Waals surface area contributed by atoms with Gasteiger partial charge in [0.25, 0.3) is 0 Å². The molecule has 0 aromatic carbocycles. The number of hydrogen-bond acceptors (Lipinski definition) is 3. The van der Waals surface area contributed by atoms with Gasteiger partial charge in [-0.2, -0.15) is 0 Å². The van der Waals surface area contributed by atoms with Crippen LogP contribution in [-0.2, 0) is 9.59 Å². The highest BCUT2D eigenvalue weighted by Gasteiger charge is 2.04. The summed E-state index contributed by atoms with van der Waals surface area (Å²) in [5.41, 5.74) is 0. The number of aliphatic carboxylic acids is 1. The van der Waals surface area contributed by atoms with Crippen molar-refractivity contribution < 1.29 is 19.5 Å². The number of rotatable bonds is 7. The van der Waals surface area contributed by atoms with Crippen molar-refractivity contribution in [3.8, 4) is 0 Å². The van der Waals surface area contributed by atoms with E-state index in [1.807, 2.05) is 0 Å². The van der Waals surface area contributed by atoms with Crippen LogP contribution < -0.4 is 10.6 Å². The maximum Gasteiger partial charge on any atom is 0.316 e. The van der Waals surface area contributed by atoms with Crippen LogP contribution in [0, 0.1) is 0 Å². The molecule has 0 radical (unpaired) electrons. The molecule has 3 amide bonds. The van der Waals surface area contributed by atoms with E-state index in [2.05, 4.69) is 10.6 Å². The number of nitrogens with zero attached hydrogens (tertiary/aromatic N) is 1. The predicted octanol–water partition coefficient (Wildman–Crippen LogP) is -0.371. The molecule has 0 unspecified atom stereocenters. The maximum absolute atomic E-state index is 11.2. The van der Waals surface area contributed by atoms with Gasteiger partial charge in [0.15, 0.2) is 0 Å². The molecule has 0 saturated carbocycles. The van der Waals surface area contributed by atoms with Crippen LogP contribution >= 0.6 is 0 Å². The molecule has 0 aliphatic heterocycles. The van der Waals surface area contributed by atoms with Crippen LogP contribution in [0.15, 0.2) is 0 Å². The van der Waals surface area contributed by atoms with Gasteiger partial charge in [0.05, 0.1) is 0 Å². The monoisotopic (exact) mass is 245 g/mol. The number of hydrogen-bond donors (Lipinski definition) is 3. The van der Waals surface area contributed by atoms with Gasteiger partial charge in [-0.15, -0.1) is 0 Å². The van der Waals surface area contributed by atoms with Gasteiger partial charge in [0.1, 0.15) is 0 Å². The third kappa shape index (κ3) is 9.16. The first-order valence-electron chi connectivity index (χ1n) is 5.37. The topological polar surface area (TPSA) is 98.7 Å². The molecule has 0 fully saturated rings. The molecule has 0 aliphatic rings. The average Bonchev–Trinajstić information content (AvgIpc) is 2.23. The summed E-state index contributed by atoms with van der Waals surface area (Å²) in [7, 11) is 3.25. The Labute approximate surface area is 100 Å². The molecule has 0 spiro atoms. The molecule has 98 valence electrons. The molecule has 3 N–H and O–H groups in total. The summed E-state index contributed by atoms with van der Waals surface area (Å²) in [6.45, 7) is 0.688. The van der Waals surface area contributed by atoms with Crippen LogP contribution in [0.5, 0.6) is 0 Å². The van der Waals surface area contributed by atoms with Crippen molar-refractivity contribution in [2.45, 2.75) is 19.3 Å². The van der Waals surface area contributed by atoms with Gasteiger partial charge in [-0.05, 0) is 6.42 Å². The van der Waals surface area contributed by atoms with E-state index in [4.69, 9.17) is 5.11 Å². The second-order valence-corrected chi connectivity index (χ2v) is 3.72. The molecule has 0 aromatic rings. The first-order valence-corrected chi connectivity index (χ1v) is 5.37. The molecule has 7 heteroatoms. The third-order valence-corrected chi connectivity index (χ3v) is 1.92. The van der Waals surface area contributed by atoms with E-state index in [1.54, 1.807) is 14.1 Å². The molecule has 0 heterocycles. The molecule has 0 saturated heterocycles. The highest BCUT2D eigenvalue weighted by atomic mass is 16.4. The molecular formula is C10H19N3O4. The zero-order chi connectivity index (χ0) is 13.3. The molecule has 0 bridgehead atoms. The lowest BCUT2D eigenvalue weighted by molar-refractivity contribution is -0.137. The van der Waals surface area contributed by atoms with Gasteiger partial charge in [0.2, 0.25) is 5.91 Å². The summed E-state index contributed by atoms with van der Waals surface area (Å²) in [5.74, 6) is -1.11. The van der Waals surface area contributed by atoms with Crippen LogP contribution in [0.1, 0.15) is 19.3 Å². The quantitative estimate of drug-likeness (QED) is 0.533. The summed E-state index contributed by atoms with van der Waals surface area (Å²) in [6.07, 6.45) is 0.504. The Hall–Kier alpha value is -1.79. The Morgan fingerprint density at radius 3 is 2.18 bits per heavy atom. The first-order chi connectivity index (χ1) is 7.93. The Morgan fingerprint density at radius 1 is 1.06 bits per heavy atom. The van der Waals surface area contributed by atoms with Crippen molar-refractivity contribution in [1.82, 2.24) is 15.5 Å². The van der Waals surface area contributed by atoms with Crippen molar-refractivity contribution >= 4 is 17.9 Å². The molecule has 17 heavy (non-hydrogen) atoms. The van der Waals surface area contributed by atoms with E-state index >= 15 is 0 Å². The van der Waals surface area contributed by atoms with E-state index in [0.29, 0.717) is 19.5 Å². The van der Waals surface area contributed by atoms with Crippen molar-refractivity contribution in [2.24, 2.45) is 0 Å². The standard InChI is InChI=1S/C10H19N3O4/c1-13(2)10(17)12-7-6-11-8(14)4-3-5-9(15)16/h3-7H2,1-2H3,(H,11,14)(H,12,17)(H,15,16). The summed E-state index contributed by atoms with van der Waals surface area (Å²) in [6, 6.07) is -0.217. The van der Waals surface area contributed by atoms with Gasteiger partial charge in [-0.1, -0.05) is 0 Å². The fourth-order valence-electron chi connectivity index (χ4n) is 1.02. The van der Waals surface area contributed by atoms with Crippen molar-refractivity contribution in [1.29, 1.82) is 0 Å². The van der Waals surface area contributed by atoms with Gasteiger partial charge < -0.3 is 20.6 Å². The first kappa shape index (κ1) is 15.2. The Bertz CT molecular complexity index is 279. The number of nitrogens with one attached hydrogen (secondary N) is 2. The van der Waals surface area contributed by atoms with Gasteiger partial charge >= 0.3 is 12.0 Å². The lowest BCUT2D eigenvalue weighted by Crippen LogP contribution is -2.39. The zero-order valence-corrected chi connectivity index (χ0v) is 10.2. The van der Waals surface area contributed by atoms with Crippen molar-refractivity contribution in [2.75, 3.05) is 27.2 Å². The average molecular weight is 245 g/mol. The SMILES string of the molecule is CN(C)C(=O)NCCNC(=O)CCCC(=O)O. The highest BCUT2D eigenvalue weighted by molar-refractivity contribution is 5.77. The minimum absolute atomic E-state index is 0.00914. The van der Waals surface area contributed by atoms with Crippen LogP contribution in [0.25, 0.3) is 0 Å². The fourth-order valence-corrected chi connectivity index (χ4v) is 1.02. The van der Waals surface area contributed by atoms with E-state index in [0.717, 1.165) is 0 Å². The molecule has 0 aromatic heterocycles. The lowest BCUT2D eigenvalue weighted by atomic mass is 10.2. The number of carboxylic acids is 1. The lowest BCUT2D eigenvalue weighted by Gasteiger charge is -2.12. The molecule has 0 aliphatic carbocycles. The van der Waals surface area contributed by atoms with E-state index in [-0.39, 0.29) is 24.8 Å². The maximum atomic E-state index is 11.2. The molecule has 7 nitrogen and oxygen atoms in total. The van der Waals surface area contributed by atoms with E-state index < -0.39 is 5.97 Å². The van der Waals surface area contributed by atoms with Crippen molar-refractivity contribution in [3.05, 3.63) is 0 Å². The Kier molecular flexibility index (Phi) is 7.49. The van der Waals surface area contributed by atoms with Crippen LogP contribution in [-0.4, -0.2) is 55.1 Å². The van der Waals surface area contributed by atoms with E-state index in [9.17, 15) is 14.4 Å². The minimum Gasteiger partial charge on any atom is -0.481 e. The summed E-state index contributed by atoms with van der Waals surface area (Å²) in [5, 5.41) is 13.5. The number of carbonyl (C=O) groups excluding carboxylic acids is 2. The molecule has 0 atom stereocenters. The predicted molar refractivity (Wildman–Crippen MR) is 61.6 cm³/mol. The summed E-state index contributed by atoms with van der Waals surface area (Å²) >= 11 is 0. The summed E-state index contributed by atoms with van der Waals surface area (Å²) < 4.78 is 0. The Morgan fingerprint density at radius 2 is 1.65 bits per heavy atom. The van der Waals surface area contributed by atoms with Crippen LogP contribution in [0.4, 0.5) is 4.79 Å². The Balaban J connectivity index is 3.45. The number of urea groups is 1. The third-order valence-electron chi connectivity index (χ3n) is 1.92. The van der Waals surface area contributed by atoms with Gasteiger partial charge in [0, 0.05) is 40.0 Å². The second kappa shape index (κ2) is 8.37. The van der Waals surface area contributed by atoms with Crippen LogP contribution in [0.3, 0.4) is 0 Å². The number of carbonyl (C=O) groups is 3. The van der Waals surface area contributed by atoms with E-state index in [1.165, 1.54) is 4.90 Å². The fraction of sp³-hybridized carbons (Fsp3) is 0.700. The zero-order valence-electron chi connectivity index (χ0n) is 10.2. The highest BCUT2D eigenvalue weighted by Crippen LogP contribution is 1.94. The number of amides is 3. The number of carboxylic acid groups (broad SMARTS) is 1. The largest absolute Gasteiger partial charge is 0.481 e. The van der Waals surface area contributed by atoms with Crippen molar-refractivity contribution in [3.63, 3.8) is 0 Å². The minimum atomic E-state index is -0.906. The van der Waals surface area contributed by atoms with Gasteiger partial charge in [-0.3, -0.25) is 9.59 Å². The molecular weight excluding hydrogens is 226 g/mol. The second-order valence-electron chi connectivity index (χ2n) is 3.72. The normalized spacial score (nSPS) is 9.53. The summed E-state index contributed by atoms with van der Waals surface area (Å²) in [4.78, 5) is 33.8.